The van der Waals surface area contributed by atoms with Crippen molar-refractivity contribution in [3.8, 4) is 11.5 Å². The van der Waals surface area contributed by atoms with Crippen LogP contribution >= 0.6 is 0 Å². The first-order valence-corrected chi connectivity index (χ1v) is 11.8. The third-order valence-electron chi connectivity index (χ3n) is 5.70. The molecule has 0 aromatic heterocycles. The van der Waals surface area contributed by atoms with Crippen LogP contribution in [0.5, 0.6) is 11.5 Å². The fourth-order valence-electron chi connectivity index (χ4n) is 3.71. The van der Waals surface area contributed by atoms with E-state index in [1.165, 1.54) is 0 Å². The molecular formula is C29H31NO5. The van der Waals surface area contributed by atoms with Crippen molar-refractivity contribution in [1.82, 2.24) is 0 Å². The number of hydrogen-bond donors (Lipinski definition) is 0. The maximum absolute atomic E-state index is 12.8. The predicted molar refractivity (Wildman–Crippen MR) is 135 cm³/mol. The van der Waals surface area contributed by atoms with Crippen LogP contribution < -0.4 is 9.47 Å². The average molecular weight is 474 g/mol. The van der Waals surface area contributed by atoms with Crippen molar-refractivity contribution in [1.29, 1.82) is 0 Å². The summed E-state index contributed by atoms with van der Waals surface area (Å²) in [5, 5.41) is 4.28. The van der Waals surface area contributed by atoms with Gasteiger partial charge in [0, 0.05) is 17.7 Å². The molecule has 3 aromatic rings. The Labute approximate surface area is 206 Å². The summed E-state index contributed by atoms with van der Waals surface area (Å²) >= 11 is 0. The van der Waals surface area contributed by atoms with Crippen LogP contribution in [0.25, 0.3) is 0 Å². The van der Waals surface area contributed by atoms with Crippen LogP contribution in [-0.2, 0) is 15.0 Å². The second-order valence-electron chi connectivity index (χ2n) is 9.38. The third-order valence-corrected chi connectivity index (χ3v) is 5.70. The predicted octanol–water partition coefficient (Wildman–Crippen LogP) is 5.77. The monoisotopic (exact) mass is 473 g/mol. The molecule has 0 saturated carbocycles. The highest BCUT2D eigenvalue weighted by Crippen LogP contribution is 2.33. The lowest BCUT2D eigenvalue weighted by Gasteiger charge is -2.26. The molecule has 1 unspecified atom stereocenters. The Morgan fingerprint density at radius 3 is 2.34 bits per heavy atom. The number of oxime groups is 1. The van der Waals surface area contributed by atoms with E-state index in [1.54, 1.807) is 12.1 Å². The van der Waals surface area contributed by atoms with Gasteiger partial charge in [0.1, 0.15) is 12.3 Å². The van der Waals surface area contributed by atoms with Gasteiger partial charge in [-0.05, 0) is 48.2 Å². The summed E-state index contributed by atoms with van der Waals surface area (Å²) in [6.07, 6.45) is -0.191. The summed E-state index contributed by atoms with van der Waals surface area (Å²) in [6.45, 7) is 9.82. The fraction of sp³-hybridized carbons (Fsp3) is 0.310. The van der Waals surface area contributed by atoms with Crippen molar-refractivity contribution in [2.45, 2.75) is 39.2 Å². The SMILES string of the molecule is CCOCC1COc2ccc(/C(=N/OC(=O)c3ccc(C(C)(C)C)cc3)c3ccccc3)cc2O1. The van der Waals surface area contributed by atoms with Crippen molar-refractivity contribution in [2.75, 3.05) is 19.8 Å². The molecule has 0 N–H and O–H groups in total. The number of fused-ring (bicyclic) bond motifs is 1. The van der Waals surface area contributed by atoms with Gasteiger partial charge in [-0.15, -0.1) is 0 Å². The van der Waals surface area contributed by atoms with Crippen molar-refractivity contribution in [3.63, 3.8) is 0 Å². The van der Waals surface area contributed by atoms with E-state index in [0.717, 1.165) is 16.7 Å². The smallest absolute Gasteiger partial charge is 0.365 e. The van der Waals surface area contributed by atoms with E-state index in [-0.39, 0.29) is 11.5 Å². The van der Waals surface area contributed by atoms with Gasteiger partial charge < -0.3 is 19.0 Å². The number of ether oxygens (including phenoxy) is 3. The standard InChI is InChI=1S/C29H31NO5/c1-5-32-18-24-19-33-25-16-13-22(17-26(25)34-24)27(20-9-7-6-8-10-20)30-35-28(31)21-11-14-23(15-12-21)29(2,3)4/h6-17,24H,5,18-19H2,1-4H3/b30-27+. The number of carbonyl (C=O) groups excluding carboxylic acids is 1. The molecule has 1 aliphatic rings. The van der Waals surface area contributed by atoms with Gasteiger partial charge in [0.25, 0.3) is 0 Å². The first kappa shape index (κ1) is 24.5. The lowest BCUT2D eigenvalue weighted by molar-refractivity contribution is 0.0127. The Morgan fingerprint density at radius 1 is 0.943 bits per heavy atom. The molecule has 6 heteroatoms. The number of benzene rings is 3. The normalized spacial score (nSPS) is 15.5. The Balaban J connectivity index is 1.60. The van der Waals surface area contributed by atoms with Crippen LogP contribution in [0.2, 0.25) is 0 Å². The van der Waals surface area contributed by atoms with E-state index in [9.17, 15) is 4.79 Å². The summed E-state index contributed by atoms with van der Waals surface area (Å²) in [5.41, 5.74) is 3.65. The molecule has 1 atom stereocenters. The van der Waals surface area contributed by atoms with Crippen LogP contribution in [0.15, 0.2) is 78.0 Å². The molecule has 182 valence electrons. The summed E-state index contributed by atoms with van der Waals surface area (Å²) in [5.74, 6) is 0.740. The second kappa shape index (κ2) is 10.7. The Hall–Kier alpha value is -3.64. The lowest BCUT2D eigenvalue weighted by Crippen LogP contribution is -2.33. The molecule has 3 aromatic carbocycles. The zero-order valence-electron chi connectivity index (χ0n) is 20.6. The summed E-state index contributed by atoms with van der Waals surface area (Å²) in [4.78, 5) is 18.2. The van der Waals surface area contributed by atoms with Crippen LogP contribution in [-0.4, -0.2) is 37.6 Å². The quantitative estimate of drug-likeness (QED) is 0.248. The minimum Gasteiger partial charge on any atom is -0.486 e. The molecule has 4 rings (SSSR count). The lowest BCUT2D eigenvalue weighted by atomic mass is 9.87. The van der Waals surface area contributed by atoms with Crippen LogP contribution in [0, 0.1) is 0 Å². The van der Waals surface area contributed by atoms with E-state index in [0.29, 0.717) is 42.6 Å². The zero-order chi connectivity index (χ0) is 24.8. The largest absolute Gasteiger partial charge is 0.486 e. The number of rotatable bonds is 7. The summed E-state index contributed by atoms with van der Waals surface area (Å²) in [6, 6.07) is 22.6. The average Bonchev–Trinajstić information content (AvgIpc) is 2.87. The van der Waals surface area contributed by atoms with Gasteiger partial charge in [-0.2, -0.15) is 0 Å². The second-order valence-corrected chi connectivity index (χ2v) is 9.38. The minimum atomic E-state index is -0.520. The molecule has 1 aliphatic heterocycles. The van der Waals surface area contributed by atoms with Gasteiger partial charge in [0.15, 0.2) is 17.6 Å². The molecule has 6 nitrogen and oxygen atoms in total. The minimum absolute atomic E-state index is 0.000965. The molecular weight excluding hydrogens is 442 g/mol. The molecule has 0 amide bonds. The van der Waals surface area contributed by atoms with Crippen LogP contribution in [0.1, 0.15) is 54.7 Å². The molecule has 35 heavy (non-hydrogen) atoms. The van der Waals surface area contributed by atoms with E-state index in [2.05, 4.69) is 25.9 Å². The van der Waals surface area contributed by atoms with Crippen LogP contribution in [0.3, 0.4) is 0 Å². The highest BCUT2D eigenvalue weighted by atomic mass is 16.7. The fourth-order valence-corrected chi connectivity index (χ4v) is 3.71. The van der Waals surface area contributed by atoms with Crippen LogP contribution in [0.4, 0.5) is 0 Å². The first-order chi connectivity index (χ1) is 16.8. The Bertz CT molecular complexity index is 1180. The highest BCUT2D eigenvalue weighted by Gasteiger charge is 2.23. The van der Waals surface area contributed by atoms with E-state index >= 15 is 0 Å². The maximum atomic E-state index is 12.8. The van der Waals surface area contributed by atoms with E-state index in [4.69, 9.17) is 19.0 Å². The van der Waals surface area contributed by atoms with Crippen molar-refractivity contribution >= 4 is 11.7 Å². The van der Waals surface area contributed by atoms with Gasteiger partial charge in [0.2, 0.25) is 0 Å². The topological polar surface area (TPSA) is 66.3 Å². The molecule has 0 bridgehead atoms. The van der Waals surface area contributed by atoms with Crippen molar-refractivity contribution in [3.05, 3.63) is 95.1 Å². The molecule has 0 saturated heterocycles. The first-order valence-electron chi connectivity index (χ1n) is 11.8. The number of carbonyl (C=O) groups is 1. The highest BCUT2D eigenvalue weighted by molar-refractivity contribution is 6.13. The van der Waals surface area contributed by atoms with Crippen molar-refractivity contribution in [2.24, 2.45) is 5.16 Å². The van der Waals surface area contributed by atoms with Crippen molar-refractivity contribution < 1.29 is 23.8 Å². The zero-order valence-corrected chi connectivity index (χ0v) is 20.6. The summed E-state index contributed by atoms with van der Waals surface area (Å²) < 4.78 is 17.4. The van der Waals surface area contributed by atoms with E-state index in [1.807, 2.05) is 67.6 Å². The summed E-state index contributed by atoms with van der Waals surface area (Å²) in [7, 11) is 0. The number of nitrogens with zero attached hydrogens (tertiary/aromatic N) is 1. The van der Waals surface area contributed by atoms with E-state index < -0.39 is 5.97 Å². The Morgan fingerprint density at radius 2 is 1.66 bits per heavy atom. The maximum Gasteiger partial charge on any atom is 0.365 e. The van der Waals surface area contributed by atoms with Gasteiger partial charge in [-0.1, -0.05) is 68.4 Å². The molecule has 0 radical (unpaired) electrons. The Kier molecular flexibility index (Phi) is 7.51. The van der Waals surface area contributed by atoms with Gasteiger partial charge in [-0.3, -0.25) is 0 Å². The molecule has 0 spiro atoms. The molecule has 0 fully saturated rings. The van der Waals surface area contributed by atoms with Gasteiger partial charge in [-0.25, -0.2) is 4.79 Å². The van der Waals surface area contributed by atoms with Gasteiger partial charge in [0.05, 0.1) is 12.2 Å². The third kappa shape index (κ3) is 6.08. The molecule has 0 aliphatic carbocycles. The number of hydrogen-bond acceptors (Lipinski definition) is 6. The van der Waals surface area contributed by atoms with Gasteiger partial charge >= 0.3 is 5.97 Å². The molecule has 1 heterocycles.